The number of pyridine rings is 1. The van der Waals surface area contributed by atoms with Gasteiger partial charge in [-0.15, -0.1) is 22.7 Å². The number of aromatic nitrogens is 2. The van der Waals surface area contributed by atoms with Crippen molar-refractivity contribution in [3.05, 3.63) is 97.2 Å². The lowest BCUT2D eigenvalue weighted by Gasteiger charge is -2.07. The zero-order valence-electron chi connectivity index (χ0n) is 17.4. The first-order valence-electron chi connectivity index (χ1n) is 11.0. The van der Waals surface area contributed by atoms with E-state index in [0.717, 1.165) is 5.82 Å². The average Bonchev–Trinajstić information content (AvgIpc) is 3.53. The standard InChI is InChI=1S/C29H16N2S2/c1-4-10-22-17(7-1)18-8-2-5-11-23(18)31(22)29-28-21(15-16-30-29)26-25(33-28)14-13-20-19-9-3-6-12-24(19)32-27(20)26/h1-16H. The molecule has 0 amide bonds. The van der Waals surface area contributed by atoms with Crippen LogP contribution in [-0.4, -0.2) is 9.55 Å². The predicted molar refractivity (Wildman–Crippen MR) is 144 cm³/mol. The summed E-state index contributed by atoms with van der Waals surface area (Å²) in [6, 6.07) is 32.8. The molecule has 4 aromatic carbocycles. The minimum Gasteiger partial charge on any atom is -0.293 e. The van der Waals surface area contributed by atoms with Crippen molar-refractivity contribution in [3.63, 3.8) is 0 Å². The third-order valence-corrected chi connectivity index (χ3v) is 9.04. The molecule has 0 saturated heterocycles. The van der Waals surface area contributed by atoms with Crippen molar-refractivity contribution in [1.82, 2.24) is 9.55 Å². The number of fused-ring (bicyclic) bond motifs is 10. The SMILES string of the molecule is c1ccc2c(c1)sc1c2ccc2sc3c(-n4c5ccccc5c5ccccc54)nccc3c21. The summed E-state index contributed by atoms with van der Waals surface area (Å²) in [5.74, 6) is 1.01. The predicted octanol–water partition coefficient (Wildman–Crippen LogP) is 8.91. The van der Waals surface area contributed by atoms with Crippen molar-refractivity contribution >= 4 is 84.8 Å². The number of hydrogen-bond donors (Lipinski definition) is 0. The Morgan fingerprint density at radius 3 is 1.97 bits per heavy atom. The van der Waals surface area contributed by atoms with Gasteiger partial charge < -0.3 is 0 Å². The van der Waals surface area contributed by atoms with E-state index >= 15 is 0 Å². The Balaban J connectivity index is 1.55. The summed E-state index contributed by atoms with van der Waals surface area (Å²) in [5.41, 5.74) is 2.39. The van der Waals surface area contributed by atoms with Crippen LogP contribution in [-0.2, 0) is 0 Å². The number of para-hydroxylation sites is 2. The van der Waals surface area contributed by atoms with E-state index in [1.54, 1.807) is 0 Å². The second kappa shape index (κ2) is 6.41. The van der Waals surface area contributed by atoms with Gasteiger partial charge in [0.15, 0.2) is 5.82 Å². The molecule has 0 radical (unpaired) electrons. The molecule has 4 heterocycles. The summed E-state index contributed by atoms with van der Waals surface area (Å²) in [4.78, 5) is 4.94. The molecule has 8 aromatic rings. The van der Waals surface area contributed by atoms with E-state index in [2.05, 4.69) is 95.6 Å². The third kappa shape index (κ3) is 2.29. The van der Waals surface area contributed by atoms with E-state index in [9.17, 15) is 0 Å². The molecule has 0 spiro atoms. The first kappa shape index (κ1) is 17.8. The fourth-order valence-corrected chi connectivity index (χ4v) is 7.78. The molecule has 0 N–H and O–H groups in total. The molecule has 0 aliphatic carbocycles. The van der Waals surface area contributed by atoms with E-state index in [1.165, 1.54) is 62.2 Å². The summed E-state index contributed by atoms with van der Waals surface area (Å²) in [5, 5.41) is 7.87. The summed E-state index contributed by atoms with van der Waals surface area (Å²) < 4.78 is 7.61. The molecule has 154 valence electrons. The van der Waals surface area contributed by atoms with Crippen molar-refractivity contribution in [1.29, 1.82) is 0 Å². The lowest BCUT2D eigenvalue weighted by atomic mass is 10.1. The van der Waals surface area contributed by atoms with Crippen LogP contribution >= 0.6 is 22.7 Å². The largest absolute Gasteiger partial charge is 0.293 e. The van der Waals surface area contributed by atoms with Crippen molar-refractivity contribution in [2.24, 2.45) is 0 Å². The second-order valence-electron chi connectivity index (χ2n) is 8.40. The summed E-state index contributed by atoms with van der Waals surface area (Å²) in [6.45, 7) is 0. The molecule has 4 heteroatoms. The normalized spacial score (nSPS) is 12.2. The molecule has 0 aliphatic heterocycles. The van der Waals surface area contributed by atoms with Crippen LogP contribution in [0.4, 0.5) is 0 Å². The maximum absolute atomic E-state index is 4.94. The molecule has 0 fully saturated rings. The lowest BCUT2D eigenvalue weighted by Crippen LogP contribution is -1.96. The van der Waals surface area contributed by atoms with Crippen molar-refractivity contribution < 1.29 is 0 Å². The van der Waals surface area contributed by atoms with Gasteiger partial charge >= 0.3 is 0 Å². The van der Waals surface area contributed by atoms with Crippen molar-refractivity contribution in [2.75, 3.05) is 0 Å². The average molecular weight is 457 g/mol. The fourth-order valence-electron chi connectivity index (χ4n) is 5.27. The van der Waals surface area contributed by atoms with Crippen LogP contribution in [0.25, 0.3) is 68.0 Å². The Morgan fingerprint density at radius 2 is 1.18 bits per heavy atom. The van der Waals surface area contributed by atoms with Gasteiger partial charge in [-0.2, -0.15) is 0 Å². The summed E-state index contributed by atoms with van der Waals surface area (Å²) in [7, 11) is 0. The fraction of sp³-hybridized carbons (Fsp3) is 0. The first-order valence-corrected chi connectivity index (χ1v) is 12.6. The highest BCUT2D eigenvalue weighted by Gasteiger charge is 2.19. The molecule has 4 aromatic heterocycles. The van der Waals surface area contributed by atoms with E-state index in [1.807, 2.05) is 28.9 Å². The van der Waals surface area contributed by atoms with E-state index < -0.39 is 0 Å². The highest BCUT2D eigenvalue weighted by Crippen LogP contribution is 2.46. The number of hydrogen-bond acceptors (Lipinski definition) is 3. The number of thiophene rings is 2. The Hall–Kier alpha value is -3.73. The Morgan fingerprint density at radius 1 is 0.515 bits per heavy atom. The van der Waals surface area contributed by atoms with Gasteiger partial charge in [-0.25, -0.2) is 4.98 Å². The zero-order valence-corrected chi connectivity index (χ0v) is 19.1. The van der Waals surface area contributed by atoms with Gasteiger partial charge in [-0.1, -0.05) is 60.7 Å². The van der Waals surface area contributed by atoms with Gasteiger partial charge in [-0.05, 0) is 30.3 Å². The van der Waals surface area contributed by atoms with Crippen LogP contribution in [0.3, 0.4) is 0 Å². The molecular weight excluding hydrogens is 440 g/mol. The molecule has 0 saturated carbocycles. The van der Waals surface area contributed by atoms with Crippen LogP contribution in [0.1, 0.15) is 0 Å². The molecule has 0 aliphatic rings. The van der Waals surface area contributed by atoms with Crippen LogP contribution in [0.2, 0.25) is 0 Å². The summed E-state index contributed by atoms with van der Waals surface area (Å²) >= 11 is 3.75. The van der Waals surface area contributed by atoms with Crippen LogP contribution in [0.15, 0.2) is 97.2 Å². The Kier molecular flexibility index (Phi) is 3.45. The number of nitrogens with zero attached hydrogens (tertiary/aromatic N) is 2. The van der Waals surface area contributed by atoms with Gasteiger partial charge in [0, 0.05) is 52.6 Å². The maximum atomic E-state index is 4.94. The van der Waals surface area contributed by atoms with Crippen molar-refractivity contribution in [2.45, 2.75) is 0 Å². The smallest absolute Gasteiger partial charge is 0.155 e. The molecule has 0 unspecified atom stereocenters. The third-order valence-electron chi connectivity index (χ3n) is 6.67. The quantitative estimate of drug-likeness (QED) is 0.241. The molecule has 0 atom stereocenters. The number of benzene rings is 4. The van der Waals surface area contributed by atoms with Gasteiger partial charge in [0.1, 0.15) is 0 Å². The van der Waals surface area contributed by atoms with E-state index in [-0.39, 0.29) is 0 Å². The van der Waals surface area contributed by atoms with Gasteiger partial charge in [0.25, 0.3) is 0 Å². The van der Waals surface area contributed by atoms with Crippen molar-refractivity contribution in [3.8, 4) is 5.82 Å². The molecule has 0 bridgehead atoms. The van der Waals surface area contributed by atoms with Gasteiger partial charge in [0.2, 0.25) is 0 Å². The van der Waals surface area contributed by atoms with Crippen LogP contribution < -0.4 is 0 Å². The lowest BCUT2D eigenvalue weighted by molar-refractivity contribution is 1.11. The molecule has 8 rings (SSSR count). The zero-order chi connectivity index (χ0) is 21.5. The second-order valence-corrected chi connectivity index (χ2v) is 10.5. The Bertz CT molecular complexity index is 1980. The van der Waals surface area contributed by atoms with E-state index in [4.69, 9.17) is 4.98 Å². The minimum atomic E-state index is 1.01. The Labute approximate surface area is 196 Å². The highest BCUT2D eigenvalue weighted by atomic mass is 32.1. The highest BCUT2D eigenvalue weighted by molar-refractivity contribution is 7.30. The monoisotopic (exact) mass is 456 g/mol. The van der Waals surface area contributed by atoms with Crippen LogP contribution in [0.5, 0.6) is 0 Å². The molecule has 2 nitrogen and oxygen atoms in total. The number of rotatable bonds is 1. The van der Waals surface area contributed by atoms with Gasteiger partial charge in [0.05, 0.1) is 15.7 Å². The first-order chi connectivity index (χ1) is 16.4. The topological polar surface area (TPSA) is 17.8 Å². The van der Waals surface area contributed by atoms with E-state index in [0.29, 0.717) is 0 Å². The molecule has 33 heavy (non-hydrogen) atoms. The summed E-state index contributed by atoms with van der Waals surface area (Å²) in [6.07, 6.45) is 1.97. The minimum absolute atomic E-state index is 1.01. The van der Waals surface area contributed by atoms with Gasteiger partial charge in [-0.3, -0.25) is 4.57 Å². The molecular formula is C29H16N2S2. The maximum Gasteiger partial charge on any atom is 0.155 e. The van der Waals surface area contributed by atoms with Crippen LogP contribution in [0, 0.1) is 0 Å².